The predicted molar refractivity (Wildman–Crippen MR) is 97.8 cm³/mol. The number of hydrogen-bond donors (Lipinski definition) is 0. The molecule has 0 saturated carbocycles. The molecule has 0 aliphatic rings. The molecule has 0 atom stereocenters. The first kappa shape index (κ1) is 17.2. The van der Waals surface area contributed by atoms with Gasteiger partial charge in [-0.25, -0.2) is 0 Å². The Kier molecular flexibility index (Phi) is 6.45. The summed E-state index contributed by atoms with van der Waals surface area (Å²) < 4.78 is 6.84. The summed E-state index contributed by atoms with van der Waals surface area (Å²) in [5.74, 6) is 0.828. The zero-order valence-electron chi connectivity index (χ0n) is 11.2. The maximum Gasteiger partial charge on any atom is 0.341 e. The molecule has 2 aromatic carbocycles. The van der Waals surface area contributed by atoms with E-state index >= 15 is 0 Å². The van der Waals surface area contributed by atoms with Crippen molar-refractivity contribution in [3.63, 3.8) is 0 Å². The van der Waals surface area contributed by atoms with E-state index in [0.717, 1.165) is 27.8 Å². The minimum absolute atomic E-state index is 0.531. The monoisotopic (exact) mass is 422 g/mol. The first-order valence-corrected chi connectivity index (χ1v) is 12.5. The molecule has 0 heterocycles. The van der Waals surface area contributed by atoms with Crippen molar-refractivity contribution in [2.75, 3.05) is 6.61 Å². The Hall–Kier alpha value is -0.193. The fourth-order valence-corrected chi connectivity index (χ4v) is 4.18. The van der Waals surface area contributed by atoms with E-state index in [2.05, 4.69) is 28.1 Å². The van der Waals surface area contributed by atoms with Crippen LogP contribution in [0.15, 0.2) is 53.0 Å². The van der Waals surface area contributed by atoms with Gasteiger partial charge in [0.15, 0.2) is 0 Å². The lowest BCUT2D eigenvalue weighted by atomic mass is 10.1. The molecule has 0 aromatic heterocycles. The number of ether oxygens (including phenoxy) is 1. The fourth-order valence-electron chi connectivity index (χ4n) is 1.95. The molecule has 0 spiro atoms. The largest absolute Gasteiger partial charge is 0.492 e. The maximum absolute atomic E-state index is 5.92. The molecule has 0 bridgehead atoms. The van der Waals surface area contributed by atoms with Crippen molar-refractivity contribution >= 4 is 55.2 Å². The molecule has 0 N–H and O–H groups in total. The highest BCUT2D eigenvalue weighted by Gasteiger charge is 2.24. The molecule has 2 aromatic rings. The van der Waals surface area contributed by atoms with Gasteiger partial charge in [-0.15, -0.1) is 33.2 Å². The number of para-hydroxylation sites is 1. The number of benzene rings is 2. The molecule has 0 saturated heterocycles. The van der Waals surface area contributed by atoms with Gasteiger partial charge in [0.05, 0.1) is 11.1 Å². The molecular weight excluding hydrogens is 411 g/mol. The SMILES string of the molecule is Cl[Si](Cl)(Cl)CCCOc1c(Br)cccc1-c1ccccc1. The molecule has 6 heteroatoms. The normalized spacial score (nSPS) is 11.4. The van der Waals surface area contributed by atoms with Crippen LogP contribution in [0.5, 0.6) is 5.75 Å². The summed E-state index contributed by atoms with van der Waals surface area (Å²) in [5, 5.41) is 0. The quantitative estimate of drug-likeness (QED) is 0.291. The van der Waals surface area contributed by atoms with Crippen molar-refractivity contribution in [1.82, 2.24) is 0 Å². The average molecular weight is 425 g/mol. The number of halogens is 4. The first-order valence-electron chi connectivity index (χ1n) is 6.51. The Labute approximate surface area is 148 Å². The maximum atomic E-state index is 5.92. The lowest BCUT2D eigenvalue weighted by molar-refractivity contribution is 0.316. The van der Waals surface area contributed by atoms with E-state index in [9.17, 15) is 0 Å². The van der Waals surface area contributed by atoms with Gasteiger partial charge in [0, 0.05) is 5.56 Å². The highest BCUT2D eigenvalue weighted by atomic mass is 79.9. The molecule has 21 heavy (non-hydrogen) atoms. The van der Waals surface area contributed by atoms with Crippen LogP contribution in [0, 0.1) is 0 Å². The van der Waals surface area contributed by atoms with Gasteiger partial charge in [-0.1, -0.05) is 42.5 Å². The molecule has 1 nitrogen and oxygen atoms in total. The Balaban J connectivity index is 2.12. The van der Waals surface area contributed by atoms with Gasteiger partial charge in [0.1, 0.15) is 5.75 Å². The molecule has 0 fully saturated rings. The zero-order valence-corrected chi connectivity index (χ0v) is 16.0. The lowest BCUT2D eigenvalue weighted by Crippen LogP contribution is -2.11. The van der Waals surface area contributed by atoms with Gasteiger partial charge in [0.25, 0.3) is 0 Å². The van der Waals surface area contributed by atoms with Crippen LogP contribution in [-0.2, 0) is 0 Å². The van der Waals surface area contributed by atoms with Crippen molar-refractivity contribution in [3.05, 3.63) is 53.0 Å². The van der Waals surface area contributed by atoms with Crippen LogP contribution < -0.4 is 4.74 Å². The summed E-state index contributed by atoms with van der Waals surface area (Å²) in [6.45, 7) is 0.531. The molecule has 0 unspecified atom stereocenters. The van der Waals surface area contributed by atoms with Crippen LogP contribution in [0.25, 0.3) is 11.1 Å². The molecule has 2 rings (SSSR count). The summed E-state index contributed by atoms with van der Waals surface area (Å²) in [7, 11) is 0. The third kappa shape index (κ3) is 5.50. The molecule has 0 radical (unpaired) electrons. The third-order valence-corrected chi connectivity index (χ3v) is 6.15. The zero-order chi connectivity index (χ0) is 15.3. The molecular formula is C15H14BrCl3OSi. The van der Waals surface area contributed by atoms with E-state index in [1.165, 1.54) is 0 Å². The van der Waals surface area contributed by atoms with Crippen LogP contribution in [-0.4, -0.2) is 12.6 Å². The van der Waals surface area contributed by atoms with Gasteiger partial charge in [-0.2, -0.15) is 0 Å². The summed E-state index contributed by atoms with van der Waals surface area (Å²) >= 11 is 21.2. The van der Waals surface area contributed by atoms with E-state index in [0.29, 0.717) is 12.7 Å². The van der Waals surface area contributed by atoms with E-state index in [1.807, 2.05) is 36.4 Å². The second kappa shape index (κ2) is 7.89. The average Bonchev–Trinajstić information content (AvgIpc) is 2.44. The minimum atomic E-state index is -2.56. The van der Waals surface area contributed by atoms with Gasteiger partial charge in [0.2, 0.25) is 0 Å². The summed E-state index contributed by atoms with van der Waals surface area (Å²) in [5.41, 5.74) is 2.17. The van der Waals surface area contributed by atoms with Crippen molar-refractivity contribution < 1.29 is 4.74 Å². The van der Waals surface area contributed by atoms with Gasteiger partial charge >= 0.3 is 6.00 Å². The molecule has 0 aliphatic carbocycles. The topological polar surface area (TPSA) is 9.23 Å². The Bertz CT molecular complexity index is 587. The summed E-state index contributed by atoms with van der Waals surface area (Å²) in [6.07, 6.45) is 0.734. The summed E-state index contributed by atoms with van der Waals surface area (Å²) in [6, 6.07) is 14.2. The second-order valence-corrected chi connectivity index (χ2v) is 14.7. The van der Waals surface area contributed by atoms with Crippen molar-refractivity contribution in [3.8, 4) is 16.9 Å². The van der Waals surface area contributed by atoms with Crippen LogP contribution in [0.1, 0.15) is 6.42 Å². The standard InChI is InChI=1S/C15H14BrCl3OSi/c16-14-9-4-8-13(12-6-2-1-3-7-12)15(14)20-10-5-11-21(17,18)19/h1-4,6-9H,5,10-11H2. The van der Waals surface area contributed by atoms with E-state index < -0.39 is 6.00 Å². The Morgan fingerprint density at radius 2 is 1.67 bits per heavy atom. The van der Waals surface area contributed by atoms with Crippen LogP contribution in [0.4, 0.5) is 0 Å². The van der Waals surface area contributed by atoms with Crippen LogP contribution in [0.2, 0.25) is 6.04 Å². The first-order chi connectivity index (χ1) is 9.97. The van der Waals surface area contributed by atoms with Crippen LogP contribution in [0.3, 0.4) is 0 Å². The highest BCUT2D eigenvalue weighted by Crippen LogP contribution is 2.36. The molecule has 0 aliphatic heterocycles. The Morgan fingerprint density at radius 1 is 0.952 bits per heavy atom. The lowest BCUT2D eigenvalue weighted by Gasteiger charge is -2.14. The van der Waals surface area contributed by atoms with E-state index in [1.54, 1.807) is 0 Å². The predicted octanol–water partition coefficient (Wildman–Crippen LogP) is 6.54. The smallest absolute Gasteiger partial charge is 0.341 e. The number of hydrogen-bond acceptors (Lipinski definition) is 1. The molecule has 0 amide bonds. The Morgan fingerprint density at radius 3 is 2.33 bits per heavy atom. The van der Waals surface area contributed by atoms with Gasteiger partial charge in [-0.3, -0.25) is 0 Å². The third-order valence-electron chi connectivity index (χ3n) is 2.90. The second-order valence-electron chi connectivity index (χ2n) is 4.55. The van der Waals surface area contributed by atoms with Gasteiger partial charge < -0.3 is 4.74 Å². The van der Waals surface area contributed by atoms with Crippen molar-refractivity contribution in [2.45, 2.75) is 12.5 Å². The summed E-state index contributed by atoms with van der Waals surface area (Å²) in [4.78, 5) is 0. The molecule has 112 valence electrons. The fraction of sp³-hybridized carbons (Fsp3) is 0.200. The van der Waals surface area contributed by atoms with Crippen molar-refractivity contribution in [2.24, 2.45) is 0 Å². The van der Waals surface area contributed by atoms with E-state index in [4.69, 9.17) is 38.0 Å². The van der Waals surface area contributed by atoms with Gasteiger partial charge in [-0.05, 0) is 40.0 Å². The number of rotatable bonds is 6. The van der Waals surface area contributed by atoms with E-state index in [-0.39, 0.29) is 0 Å². The van der Waals surface area contributed by atoms with Crippen molar-refractivity contribution in [1.29, 1.82) is 0 Å². The van der Waals surface area contributed by atoms with Crippen LogP contribution >= 0.6 is 49.2 Å². The minimum Gasteiger partial charge on any atom is -0.492 e. The highest BCUT2D eigenvalue weighted by molar-refractivity contribution is 9.10.